The molecule has 0 fully saturated rings. The van der Waals surface area contributed by atoms with Crippen LogP contribution in [0.4, 0.5) is 0 Å². The van der Waals surface area contributed by atoms with Crippen molar-refractivity contribution in [2.45, 2.75) is 27.2 Å². The van der Waals surface area contributed by atoms with E-state index in [-0.39, 0.29) is 5.91 Å². The van der Waals surface area contributed by atoms with Gasteiger partial charge in [0.2, 0.25) is 5.91 Å². The Bertz CT molecular complexity index is 363. The Kier molecular flexibility index (Phi) is 4.50. The summed E-state index contributed by atoms with van der Waals surface area (Å²) in [6, 6.07) is 4.22. The van der Waals surface area contributed by atoms with E-state index in [9.17, 15) is 4.79 Å². The van der Waals surface area contributed by atoms with E-state index in [1.54, 1.807) is 0 Å². The zero-order valence-corrected chi connectivity index (χ0v) is 10.3. The molecule has 0 atom stereocenters. The third-order valence-electron chi connectivity index (χ3n) is 2.64. The van der Waals surface area contributed by atoms with Crippen molar-refractivity contribution in [2.24, 2.45) is 5.73 Å². The number of rotatable bonds is 4. The summed E-state index contributed by atoms with van der Waals surface area (Å²) in [6.07, 6.45) is 0.442. The van der Waals surface area contributed by atoms with Crippen LogP contribution in [-0.4, -0.2) is 19.0 Å². The van der Waals surface area contributed by atoms with Crippen LogP contribution in [0.5, 0.6) is 0 Å². The zero-order valence-electron chi connectivity index (χ0n) is 10.3. The lowest BCUT2D eigenvalue weighted by Gasteiger charge is -2.11. The molecule has 1 aromatic rings. The van der Waals surface area contributed by atoms with Crippen molar-refractivity contribution < 1.29 is 4.79 Å². The predicted molar refractivity (Wildman–Crippen MR) is 66.4 cm³/mol. The standard InChI is InChI=1S/C13H20N2O/c1-9-6-10(2)12(11(3)7-9)8-13(16)15-5-4-14/h6-7H,4-5,8,14H2,1-3H3,(H,15,16). The van der Waals surface area contributed by atoms with Gasteiger partial charge >= 0.3 is 0 Å². The van der Waals surface area contributed by atoms with E-state index in [1.165, 1.54) is 16.7 Å². The van der Waals surface area contributed by atoms with Crippen molar-refractivity contribution in [3.05, 3.63) is 34.4 Å². The van der Waals surface area contributed by atoms with Crippen LogP contribution in [0.1, 0.15) is 22.3 Å². The van der Waals surface area contributed by atoms with Gasteiger partial charge in [0.1, 0.15) is 0 Å². The first kappa shape index (κ1) is 12.7. The van der Waals surface area contributed by atoms with Gasteiger partial charge in [-0.25, -0.2) is 0 Å². The van der Waals surface area contributed by atoms with Gasteiger partial charge in [0.15, 0.2) is 0 Å². The van der Waals surface area contributed by atoms with Gasteiger partial charge in [0, 0.05) is 13.1 Å². The van der Waals surface area contributed by atoms with E-state index in [0.29, 0.717) is 19.5 Å². The lowest BCUT2D eigenvalue weighted by atomic mass is 9.97. The minimum atomic E-state index is 0.0421. The molecule has 88 valence electrons. The second kappa shape index (κ2) is 5.66. The molecule has 0 aliphatic carbocycles. The number of nitrogens with two attached hydrogens (primary N) is 1. The van der Waals surface area contributed by atoms with Gasteiger partial charge in [-0.1, -0.05) is 17.7 Å². The van der Waals surface area contributed by atoms with Gasteiger partial charge in [0.05, 0.1) is 6.42 Å². The van der Waals surface area contributed by atoms with E-state index in [2.05, 4.69) is 24.4 Å². The molecule has 3 heteroatoms. The highest BCUT2D eigenvalue weighted by Crippen LogP contribution is 2.16. The number of benzene rings is 1. The minimum Gasteiger partial charge on any atom is -0.355 e. The summed E-state index contributed by atoms with van der Waals surface area (Å²) < 4.78 is 0. The third kappa shape index (κ3) is 3.35. The van der Waals surface area contributed by atoms with Crippen molar-refractivity contribution in [1.82, 2.24) is 5.32 Å². The summed E-state index contributed by atoms with van der Waals surface area (Å²) in [5.74, 6) is 0.0421. The molecule has 1 aromatic carbocycles. The highest BCUT2D eigenvalue weighted by Gasteiger charge is 2.08. The van der Waals surface area contributed by atoms with E-state index >= 15 is 0 Å². The first-order valence-electron chi connectivity index (χ1n) is 5.58. The molecule has 16 heavy (non-hydrogen) atoms. The molecule has 1 rings (SSSR count). The number of aryl methyl sites for hydroxylation is 3. The van der Waals surface area contributed by atoms with E-state index in [0.717, 1.165) is 5.56 Å². The van der Waals surface area contributed by atoms with Crippen LogP contribution in [0, 0.1) is 20.8 Å². The lowest BCUT2D eigenvalue weighted by molar-refractivity contribution is -0.120. The largest absolute Gasteiger partial charge is 0.355 e. The van der Waals surface area contributed by atoms with Crippen LogP contribution >= 0.6 is 0 Å². The van der Waals surface area contributed by atoms with Crippen molar-refractivity contribution in [3.8, 4) is 0 Å². The molecule has 0 saturated carbocycles. The Hall–Kier alpha value is -1.35. The quantitative estimate of drug-likeness (QED) is 0.802. The maximum atomic E-state index is 11.6. The van der Waals surface area contributed by atoms with Crippen LogP contribution in [0.25, 0.3) is 0 Å². The predicted octanol–water partition coefficient (Wildman–Crippen LogP) is 1.23. The van der Waals surface area contributed by atoms with Crippen LogP contribution in [-0.2, 0) is 11.2 Å². The second-order valence-corrected chi connectivity index (χ2v) is 4.19. The molecule has 0 aliphatic heterocycles. The van der Waals surface area contributed by atoms with Crippen molar-refractivity contribution in [1.29, 1.82) is 0 Å². The van der Waals surface area contributed by atoms with Gasteiger partial charge in [-0.05, 0) is 37.5 Å². The Balaban J connectivity index is 2.77. The molecule has 0 heterocycles. The van der Waals surface area contributed by atoms with Crippen LogP contribution in [0.15, 0.2) is 12.1 Å². The van der Waals surface area contributed by atoms with E-state index in [4.69, 9.17) is 5.73 Å². The summed E-state index contributed by atoms with van der Waals surface area (Å²) in [5, 5.41) is 2.79. The van der Waals surface area contributed by atoms with Crippen LogP contribution in [0.3, 0.4) is 0 Å². The average Bonchev–Trinajstić information content (AvgIpc) is 2.20. The summed E-state index contributed by atoms with van der Waals surface area (Å²) in [5.41, 5.74) is 10.1. The Morgan fingerprint density at radius 2 is 1.81 bits per heavy atom. The molecule has 0 bridgehead atoms. The zero-order chi connectivity index (χ0) is 12.1. The summed E-state index contributed by atoms with van der Waals surface area (Å²) in [6.45, 7) is 7.19. The topological polar surface area (TPSA) is 55.1 Å². The second-order valence-electron chi connectivity index (χ2n) is 4.19. The van der Waals surface area contributed by atoms with Crippen LogP contribution < -0.4 is 11.1 Å². The molecule has 0 aromatic heterocycles. The molecule has 1 amide bonds. The van der Waals surface area contributed by atoms with Gasteiger partial charge in [-0.2, -0.15) is 0 Å². The fourth-order valence-corrected chi connectivity index (χ4v) is 1.92. The van der Waals surface area contributed by atoms with Gasteiger partial charge < -0.3 is 11.1 Å². The SMILES string of the molecule is Cc1cc(C)c(CC(=O)NCCN)c(C)c1. The molecular weight excluding hydrogens is 200 g/mol. The molecule has 0 unspecified atom stereocenters. The van der Waals surface area contributed by atoms with Gasteiger partial charge in [0.25, 0.3) is 0 Å². The summed E-state index contributed by atoms with van der Waals surface area (Å²) in [7, 11) is 0. The normalized spacial score (nSPS) is 10.2. The third-order valence-corrected chi connectivity index (χ3v) is 2.64. The molecule has 3 nitrogen and oxygen atoms in total. The molecule has 0 spiro atoms. The van der Waals surface area contributed by atoms with Crippen LogP contribution in [0.2, 0.25) is 0 Å². The fourth-order valence-electron chi connectivity index (χ4n) is 1.92. The molecule has 0 saturated heterocycles. The molecule has 3 N–H and O–H groups in total. The maximum absolute atomic E-state index is 11.6. The first-order valence-corrected chi connectivity index (χ1v) is 5.58. The highest BCUT2D eigenvalue weighted by molar-refractivity contribution is 5.79. The van der Waals surface area contributed by atoms with E-state index in [1.807, 2.05) is 13.8 Å². The highest BCUT2D eigenvalue weighted by atomic mass is 16.1. The average molecular weight is 220 g/mol. The lowest BCUT2D eigenvalue weighted by Crippen LogP contribution is -2.30. The van der Waals surface area contributed by atoms with Gasteiger partial charge in [-0.15, -0.1) is 0 Å². The monoisotopic (exact) mass is 220 g/mol. The number of hydrogen-bond donors (Lipinski definition) is 2. The Labute approximate surface area is 97.0 Å². The molecule has 0 radical (unpaired) electrons. The fraction of sp³-hybridized carbons (Fsp3) is 0.462. The number of nitrogens with one attached hydrogen (secondary N) is 1. The van der Waals surface area contributed by atoms with Crippen molar-refractivity contribution >= 4 is 5.91 Å². The summed E-state index contributed by atoms with van der Waals surface area (Å²) in [4.78, 5) is 11.6. The number of amides is 1. The smallest absolute Gasteiger partial charge is 0.224 e. The Morgan fingerprint density at radius 3 is 2.31 bits per heavy atom. The van der Waals surface area contributed by atoms with Crippen molar-refractivity contribution in [3.63, 3.8) is 0 Å². The van der Waals surface area contributed by atoms with Gasteiger partial charge in [-0.3, -0.25) is 4.79 Å². The van der Waals surface area contributed by atoms with E-state index < -0.39 is 0 Å². The molecular formula is C13H20N2O. The number of carbonyl (C=O) groups is 1. The minimum absolute atomic E-state index is 0.0421. The first-order chi connectivity index (χ1) is 7.54. The summed E-state index contributed by atoms with van der Waals surface area (Å²) >= 11 is 0. The number of carbonyl (C=O) groups excluding carboxylic acids is 1. The number of hydrogen-bond acceptors (Lipinski definition) is 2. The molecule has 0 aliphatic rings. The maximum Gasteiger partial charge on any atom is 0.224 e. The van der Waals surface area contributed by atoms with Crippen molar-refractivity contribution in [2.75, 3.05) is 13.1 Å². The Morgan fingerprint density at radius 1 is 1.25 bits per heavy atom.